The molecule has 3 rings (SSSR count). The Bertz CT molecular complexity index is 689. The molecule has 3 N–H and O–H groups in total. The third kappa shape index (κ3) is 2.92. The van der Waals surface area contributed by atoms with E-state index < -0.39 is 5.91 Å². The summed E-state index contributed by atoms with van der Waals surface area (Å²) in [6.07, 6.45) is 3.08. The molecule has 0 saturated carbocycles. The summed E-state index contributed by atoms with van der Waals surface area (Å²) in [6, 6.07) is 8.84. The van der Waals surface area contributed by atoms with Crippen molar-refractivity contribution in [2.75, 3.05) is 18.0 Å². The summed E-state index contributed by atoms with van der Waals surface area (Å²) in [5.74, 6) is 0.716. The van der Waals surface area contributed by atoms with E-state index in [4.69, 9.17) is 5.73 Å². The fourth-order valence-electron chi connectivity index (χ4n) is 2.71. The van der Waals surface area contributed by atoms with E-state index in [1.807, 2.05) is 17.0 Å². The van der Waals surface area contributed by atoms with Gasteiger partial charge in [0.15, 0.2) is 5.82 Å². The molecule has 114 valence electrons. The number of piperidine rings is 1. The lowest BCUT2D eigenvalue weighted by Crippen LogP contribution is -2.38. The number of hydrogen-bond donors (Lipinski definition) is 2. The first-order valence-corrected chi connectivity index (χ1v) is 7.30. The van der Waals surface area contributed by atoms with E-state index in [0.717, 1.165) is 25.2 Å². The number of primary amides is 1. The van der Waals surface area contributed by atoms with Gasteiger partial charge in [0.05, 0.1) is 11.7 Å². The molecule has 1 aliphatic rings. The number of nitrogens with zero attached hydrogens (tertiary/aromatic N) is 3. The van der Waals surface area contributed by atoms with E-state index in [-0.39, 0.29) is 6.10 Å². The van der Waals surface area contributed by atoms with Crippen LogP contribution >= 0.6 is 0 Å². The molecule has 0 radical (unpaired) electrons. The van der Waals surface area contributed by atoms with E-state index in [1.54, 1.807) is 24.4 Å². The van der Waals surface area contributed by atoms with Gasteiger partial charge in [-0.3, -0.25) is 4.79 Å². The monoisotopic (exact) mass is 298 g/mol. The van der Waals surface area contributed by atoms with Gasteiger partial charge in [0.1, 0.15) is 5.82 Å². The SMILES string of the molecule is NC(=O)c1ccccc1-c1nccc(N2CCCC(O)C2)n1. The zero-order valence-corrected chi connectivity index (χ0v) is 12.1. The van der Waals surface area contributed by atoms with Crippen LogP contribution in [0.1, 0.15) is 23.2 Å². The molecule has 22 heavy (non-hydrogen) atoms. The summed E-state index contributed by atoms with van der Waals surface area (Å²) in [4.78, 5) is 22.4. The largest absolute Gasteiger partial charge is 0.391 e. The number of aliphatic hydroxyl groups excluding tert-OH is 1. The van der Waals surface area contributed by atoms with Crippen LogP contribution in [0.3, 0.4) is 0 Å². The molecule has 6 heteroatoms. The summed E-state index contributed by atoms with van der Waals surface area (Å²) in [6.45, 7) is 1.42. The number of carbonyl (C=O) groups is 1. The Hall–Kier alpha value is -2.47. The predicted molar refractivity (Wildman–Crippen MR) is 83.4 cm³/mol. The Morgan fingerprint density at radius 3 is 2.91 bits per heavy atom. The summed E-state index contributed by atoms with van der Waals surface area (Å²) in [5.41, 5.74) is 6.43. The molecule has 2 aromatic rings. The van der Waals surface area contributed by atoms with Gasteiger partial charge in [-0.2, -0.15) is 0 Å². The van der Waals surface area contributed by atoms with Crippen LogP contribution in [-0.2, 0) is 0 Å². The first-order valence-electron chi connectivity index (χ1n) is 7.30. The highest BCUT2D eigenvalue weighted by atomic mass is 16.3. The van der Waals surface area contributed by atoms with Crippen LogP contribution in [0, 0.1) is 0 Å². The Morgan fingerprint density at radius 2 is 2.14 bits per heavy atom. The van der Waals surface area contributed by atoms with Crippen molar-refractivity contribution < 1.29 is 9.90 Å². The van der Waals surface area contributed by atoms with Crippen LogP contribution in [0.2, 0.25) is 0 Å². The smallest absolute Gasteiger partial charge is 0.249 e. The zero-order chi connectivity index (χ0) is 15.5. The molecule has 1 unspecified atom stereocenters. The fourth-order valence-corrected chi connectivity index (χ4v) is 2.71. The lowest BCUT2D eigenvalue weighted by atomic mass is 10.1. The van der Waals surface area contributed by atoms with Crippen LogP contribution in [-0.4, -0.2) is 40.2 Å². The molecular weight excluding hydrogens is 280 g/mol. The van der Waals surface area contributed by atoms with E-state index in [9.17, 15) is 9.90 Å². The lowest BCUT2D eigenvalue weighted by Gasteiger charge is -2.31. The standard InChI is InChI=1S/C16H18N4O2/c17-15(22)12-5-1-2-6-13(12)16-18-8-7-14(19-16)20-9-3-4-11(21)10-20/h1-2,5-8,11,21H,3-4,9-10H2,(H2,17,22). The summed E-state index contributed by atoms with van der Waals surface area (Å²) >= 11 is 0. The normalized spacial score (nSPS) is 18.2. The molecule has 0 bridgehead atoms. The first-order chi connectivity index (χ1) is 10.6. The van der Waals surface area contributed by atoms with Crippen molar-refractivity contribution in [3.63, 3.8) is 0 Å². The molecule has 1 amide bonds. The third-order valence-corrected chi connectivity index (χ3v) is 3.79. The number of aromatic nitrogens is 2. The molecule has 0 aliphatic carbocycles. The molecule has 6 nitrogen and oxygen atoms in total. The second kappa shape index (κ2) is 6.11. The predicted octanol–water partition coefficient (Wildman–Crippen LogP) is 1.20. The number of aliphatic hydroxyl groups is 1. The van der Waals surface area contributed by atoms with Gasteiger partial charge in [0.2, 0.25) is 5.91 Å². The van der Waals surface area contributed by atoms with Crippen molar-refractivity contribution in [1.82, 2.24) is 9.97 Å². The zero-order valence-electron chi connectivity index (χ0n) is 12.1. The molecular formula is C16H18N4O2. The van der Waals surface area contributed by atoms with Gasteiger partial charge in [-0.25, -0.2) is 9.97 Å². The van der Waals surface area contributed by atoms with Gasteiger partial charge in [-0.05, 0) is 25.0 Å². The van der Waals surface area contributed by atoms with Crippen molar-refractivity contribution >= 4 is 11.7 Å². The number of rotatable bonds is 3. The third-order valence-electron chi connectivity index (χ3n) is 3.79. The maximum atomic E-state index is 11.5. The minimum Gasteiger partial charge on any atom is -0.391 e. The van der Waals surface area contributed by atoms with Crippen LogP contribution in [0.4, 0.5) is 5.82 Å². The highest BCUT2D eigenvalue weighted by molar-refractivity contribution is 5.99. The van der Waals surface area contributed by atoms with Crippen molar-refractivity contribution in [3.05, 3.63) is 42.1 Å². The number of carbonyl (C=O) groups excluding carboxylic acids is 1. The van der Waals surface area contributed by atoms with Gasteiger partial charge >= 0.3 is 0 Å². The van der Waals surface area contributed by atoms with Gasteiger partial charge in [0.25, 0.3) is 0 Å². The second-order valence-electron chi connectivity index (χ2n) is 5.39. The Morgan fingerprint density at radius 1 is 1.32 bits per heavy atom. The average Bonchev–Trinajstić information content (AvgIpc) is 2.55. The van der Waals surface area contributed by atoms with Crippen LogP contribution in [0.25, 0.3) is 11.4 Å². The van der Waals surface area contributed by atoms with Crippen LogP contribution in [0.5, 0.6) is 0 Å². The van der Waals surface area contributed by atoms with E-state index in [2.05, 4.69) is 9.97 Å². The number of anilines is 1. The maximum Gasteiger partial charge on any atom is 0.249 e. The van der Waals surface area contributed by atoms with Crippen molar-refractivity contribution in [2.45, 2.75) is 18.9 Å². The van der Waals surface area contributed by atoms with Crippen molar-refractivity contribution in [3.8, 4) is 11.4 Å². The van der Waals surface area contributed by atoms with Gasteiger partial charge in [-0.15, -0.1) is 0 Å². The molecule has 0 spiro atoms. The highest BCUT2D eigenvalue weighted by Gasteiger charge is 2.20. The minimum absolute atomic E-state index is 0.329. The highest BCUT2D eigenvalue weighted by Crippen LogP contribution is 2.23. The Kier molecular flexibility index (Phi) is 4.02. The van der Waals surface area contributed by atoms with Crippen LogP contribution < -0.4 is 10.6 Å². The van der Waals surface area contributed by atoms with Crippen molar-refractivity contribution in [2.24, 2.45) is 5.73 Å². The first kappa shape index (κ1) is 14.5. The molecule has 2 heterocycles. The molecule has 1 atom stereocenters. The molecule has 1 saturated heterocycles. The van der Waals surface area contributed by atoms with Gasteiger partial charge in [0, 0.05) is 24.8 Å². The average molecular weight is 298 g/mol. The van der Waals surface area contributed by atoms with E-state index >= 15 is 0 Å². The molecule has 1 fully saturated rings. The Balaban J connectivity index is 1.96. The summed E-state index contributed by atoms with van der Waals surface area (Å²) in [7, 11) is 0. The fraction of sp³-hybridized carbons (Fsp3) is 0.312. The molecule has 1 aromatic carbocycles. The topological polar surface area (TPSA) is 92.3 Å². The van der Waals surface area contributed by atoms with Crippen LogP contribution in [0.15, 0.2) is 36.5 Å². The maximum absolute atomic E-state index is 11.5. The lowest BCUT2D eigenvalue weighted by molar-refractivity contribution is 0.100. The quantitative estimate of drug-likeness (QED) is 0.888. The minimum atomic E-state index is -0.502. The summed E-state index contributed by atoms with van der Waals surface area (Å²) in [5, 5.41) is 9.80. The summed E-state index contributed by atoms with van der Waals surface area (Å²) < 4.78 is 0. The number of hydrogen-bond acceptors (Lipinski definition) is 5. The molecule has 1 aliphatic heterocycles. The Labute approximate surface area is 128 Å². The number of β-amino-alcohol motifs (C(OH)–C–C–N with tert-alkyl or cyclic N) is 1. The molecule has 1 aromatic heterocycles. The van der Waals surface area contributed by atoms with E-state index in [0.29, 0.717) is 23.5 Å². The number of nitrogens with two attached hydrogens (primary N) is 1. The second-order valence-corrected chi connectivity index (χ2v) is 5.39. The van der Waals surface area contributed by atoms with Crippen molar-refractivity contribution in [1.29, 1.82) is 0 Å². The number of amides is 1. The number of benzene rings is 1. The van der Waals surface area contributed by atoms with Gasteiger partial charge < -0.3 is 15.7 Å². The van der Waals surface area contributed by atoms with E-state index in [1.165, 1.54) is 0 Å². The van der Waals surface area contributed by atoms with Gasteiger partial charge in [-0.1, -0.05) is 18.2 Å².